The van der Waals surface area contributed by atoms with Gasteiger partial charge in [0.05, 0.1) is 11.9 Å². The average Bonchev–Trinajstić information content (AvgIpc) is 2.52. The zero-order chi connectivity index (χ0) is 17.9. The molecular weight excluding hydrogens is 314 g/mol. The van der Waals surface area contributed by atoms with Crippen molar-refractivity contribution in [3.8, 4) is 0 Å². The molecule has 1 aliphatic heterocycles. The number of hydrogen-bond acceptors (Lipinski definition) is 6. The fourth-order valence-electron chi connectivity index (χ4n) is 2.45. The molecule has 2 heterocycles. The maximum Gasteiger partial charge on any atom is 0.411 e. The normalized spacial score (nSPS) is 18.2. The van der Waals surface area contributed by atoms with Crippen LogP contribution in [0.5, 0.6) is 0 Å². The van der Waals surface area contributed by atoms with Gasteiger partial charge in [-0.3, -0.25) is 14.7 Å². The quantitative estimate of drug-likeness (QED) is 0.833. The molecule has 24 heavy (non-hydrogen) atoms. The van der Waals surface area contributed by atoms with Crippen molar-refractivity contribution in [1.29, 1.82) is 0 Å². The number of rotatable bonds is 3. The van der Waals surface area contributed by atoms with Gasteiger partial charge in [0.15, 0.2) is 6.29 Å². The van der Waals surface area contributed by atoms with Gasteiger partial charge in [0.2, 0.25) is 0 Å². The van der Waals surface area contributed by atoms with E-state index in [4.69, 9.17) is 4.74 Å². The summed E-state index contributed by atoms with van der Waals surface area (Å²) in [6, 6.07) is 0.607. The highest BCUT2D eigenvalue weighted by atomic mass is 16.6. The van der Waals surface area contributed by atoms with Gasteiger partial charge in [-0.15, -0.1) is 0 Å². The third-order valence-corrected chi connectivity index (χ3v) is 3.54. The standard InChI is InChI=1S/C16H21N3O5/c1-16(2,3)24-15(23)19-5-4-18(9-13(19)14(21)22)12-6-11(10-20)7-17-8-12/h6-8,10,13H,4-5,9H2,1-3H3,(H,21,22). The minimum Gasteiger partial charge on any atom is -0.480 e. The fraction of sp³-hybridized carbons (Fsp3) is 0.500. The lowest BCUT2D eigenvalue weighted by Gasteiger charge is -2.40. The van der Waals surface area contributed by atoms with E-state index in [0.29, 0.717) is 24.1 Å². The van der Waals surface area contributed by atoms with Crippen LogP contribution < -0.4 is 4.90 Å². The van der Waals surface area contributed by atoms with Crippen molar-refractivity contribution in [2.24, 2.45) is 0 Å². The van der Waals surface area contributed by atoms with Crippen LogP contribution in [0.15, 0.2) is 18.5 Å². The summed E-state index contributed by atoms with van der Waals surface area (Å²) in [6.07, 6.45) is 3.04. The summed E-state index contributed by atoms with van der Waals surface area (Å²) < 4.78 is 5.28. The Morgan fingerprint density at radius 1 is 1.33 bits per heavy atom. The van der Waals surface area contributed by atoms with Crippen LogP contribution in [-0.2, 0) is 9.53 Å². The molecule has 8 nitrogen and oxygen atoms in total. The average molecular weight is 335 g/mol. The Labute approximate surface area is 140 Å². The number of pyridine rings is 1. The molecule has 1 N–H and O–H groups in total. The third-order valence-electron chi connectivity index (χ3n) is 3.54. The van der Waals surface area contributed by atoms with E-state index < -0.39 is 23.7 Å². The highest BCUT2D eigenvalue weighted by molar-refractivity contribution is 5.82. The summed E-state index contributed by atoms with van der Waals surface area (Å²) in [6.45, 7) is 5.91. The van der Waals surface area contributed by atoms with Crippen molar-refractivity contribution in [2.45, 2.75) is 32.4 Å². The molecular formula is C16H21N3O5. The third kappa shape index (κ3) is 4.21. The first-order valence-electron chi connectivity index (χ1n) is 7.59. The predicted molar refractivity (Wildman–Crippen MR) is 86.2 cm³/mol. The second kappa shape index (κ2) is 6.86. The number of carboxylic acids is 1. The van der Waals surface area contributed by atoms with Crippen LogP contribution in [0.2, 0.25) is 0 Å². The van der Waals surface area contributed by atoms with Crippen LogP contribution in [-0.4, -0.2) is 64.6 Å². The summed E-state index contributed by atoms with van der Waals surface area (Å²) in [5.74, 6) is -1.11. The first kappa shape index (κ1) is 17.7. The van der Waals surface area contributed by atoms with E-state index in [1.54, 1.807) is 37.9 Å². The number of nitrogens with zero attached hydrogens (tertiary/aromatic N) is 3. The highest BCUT2D eigenvalue weighted by Crippen LogP contribution is 2.21. The molecule has 1 atom stereocenters. The Morgan fingerprint density at radius 3 is 2.62 bits per heavy atom. The number of amides is 1. The Hall–Kier alpha value is -2.64. The molecule has 0 aromatic carbocycles. The second-order valence-corrected chi connectivity index (χ2v) is 6.57. The SMILES string of the molecule is CC(C)(C)OC(=O)N1CCN(c2cncc(C=O)c2)CC1C(=O)O. The molecule has 0 bridgehead atoms. The lowest BCUT2D eigenvalue weighted by atomic mass is 10.1. The minimum absolute atomic E-state index is 0.0958. The number of hydrogen-bond donors (Lipinski definition) is 1. The fourth-order valence-corrected chi connectivity index (χ4v) is 2.45. The van der Waals surface area contributed by atoms with Gasteiger partial charge in [-0.25, -0.2) is 9.59 Å². The van der Waals surface area contributed by atoms with E-state index in [-0.39, 0.29) is 13.1 Å². The minimum atomic E-state index is -1.11. The van der Waals surface area contributed by atoms with Crippen LogP contribution in [0.4, 0.5) is 10.5 Å². The number of piperazine rings is 1. The molecule has 1 unspecified atom stereocenters. The number of ether oxygens (including phenoxy) is 1. The molecule has 1 fully saturated rings. The molecule has 0 radical (unpaired) electrons. The van der Waals surface area contributed by atoms with Gasteiger partial charge < -0.3 is 14.7 Å². The van der Waals surface area contributed by atoms with Crippen molar-refractivity contribution in [3.05, 3.63) is 24.0 Å². The van der Waals surface area contributed by atoms with Gasteiger partial charge in [0.25, 0.3) is 0 Å². The topological polar surface area (TPSA) is 100 Å². The van der Waals surface area contributed by atoms with Crippen molar-refractivity contribution < 1.29 is 24.2 Å². The van der Waals surface area contributed by atoms with Crippen molar-refractivity contribution >= 4 is 24.0 Å². The summed E-state index contributed by atoms with van der Waals surface area (Å²) in [4.78, 5) is 41.7. The second-order valence-electron chi connectivity index (χ2n) is 6.57. The summed E-state index contributed by atoms with van der Waals surface area (Å²) >= 11 is 0. The molecule has 1 aromatic heterocycles. The largest absolute Gasteiger partial charge is 0.480 e. The van der Waals surface area contributed by atoms with Gasteiger partial charge in [0.1, 0.15) is 11.6 Å². The number of carbonyl (C=O) groups excluding carboxylic acids is 2. The van der Waals surface area contributed by atoms with Crippen molar-refractivity contribution in [2.75, 3.05) is 24.5 Å². The maximum absolute atomic E-state index is 12.2. The van der Waals surface area contributed by atoms with Crippen LogP contribution in [0, 0.1) is 0 Å². The molecule has 0 saturated carbocycles. The lowest BCUT2D eigenvalue weighted by Crippen LogP contribution is -2.59. The number of aliphatic carboxylic acids is 1. The van der Waals surface area contributed by atoms with E-state index in [2.05, 4.69) is 4.98 Å². The first-order valence-corrected chi connectivity index (χ1v) is 7.59. The van der Waals surface area contributed by atoms with E-state index in [1.165, 1.54) is 11.1 Å². The van der Waals surface area contributed by atoms with Gasteiger partial charge in [-0.2, -0.15) is 0 Å². The molecule has 1 aliphatic rings. The Balaban J connectivity index is 2.17. The number of aromatic nitrogens is 1. The molecule has 2 rings (SSSR count). The van der Waals surface area contributed by atoms with Gasteiger partial charge >= 0.3 is 12.1 Å². The van der Waals surface area contributed by atoms with Crippen LogP contribution in [0.3, 0.4) is 0 Å². The van der Waals surface area contributed by atoms with Gasteiger partial charge in [0, 0.05) is 31.4 Å². The van der Waals surface area contributed by atoms with Gasteiger partial charge in [-0.05, 0) is 26.8 Å². The van der Waals surface area contributed by atoms with Crippen LogP contribution >= 0.6 is 0 Å². The number of carboxylic acid groups (broad SMARTS) is 1. The molecule has 130 valence electrons. The monoisotopic (exact) mass is 335 g/mol. The molecule has 0 aliphatic carbocycles. The van der Waals surface area contributed by atoms with Crippen LogP contribution in [0.1, 0.15) is 31.1 Å². The summed E-state index contributed by atoms with van der Waals surface area (Å²) in [5, 5.41) is 9.47. The van der Waals surface area contributed by atoms with Crippen molar-refractivity contribution in [3.63, 3.8) is 0 Å². The van der Waals surface area contributed by atoms with E-state index in [9.17, 15) is 19.5 Å². The first-order chi connectivity index (χ1) is 11.2. The number of carbonyl (C=O) groups is 3. The lowest BCUT2D eigenvalue weighted by molar-refractivity contribution is -0.143. The Kier molecular flexibility index (Phi) is 5.06. The summed E-state index contributed by atoms with van der Waals surface area (Å²) in [7, 11) is 0. The van der Waals surface area contributed by atoms with E-state index >= 15 is 0 Å². The molecule has 1 amide bonds. The highest BCUT2D eigenvalue weighted by Gasteiger charge is 2.37. The zero-order valence-corrected chi connectivity index (χ0v) is 13.9. The Morgan fingerprint density at radius 2 is 2.04 bits per heavy atom. The number of anilines is 1. The smallest absolute Gasteiger partial charge is 0.411 e. The number of aldehydes is 1. The van der Waals surface area contributed by atoms with E-state index in [1.807, 2.05) is 0 Å². The van der Waals surface area contributed by atoms with Gasteiger partial charge in [-0.1, -0.05) is 0 Å². The molecule has 8 heteroatoms. The van der Waals surface area contributed by atoms with E-state index in [0.717, 1.165) is 0 Å². The predicted octanol–water partition coefficient (Wildman–Crippen LogP) is 1.40. The summed E-state index contributed by atoms with van der Waals surface area (Å²) in [5.41, 5.74) is 0.364. The van der Waals surface area contributed by atoms with Crippen LogP contribution in [0.25, 0.3) is 0 Å². The molecule has 1 saturated heterocycles. The molecule has 1 aromatic rings. The van der Waals surface area contributed by atoms with Crippen molar-refractivity contribution in [1.82, 2.24) is 9.88 Å². The zero-order valence-electron chi connectivity index (χ0n) is 13.9. The maximum atomic E-state index is 12.2. The Bertz CT molecular complexity index is 641. The molecule has 0 spiro atoms.